The van der Waals surface area contributed by atoms with Crippen LogP contribution in [-0.2, 0) is 12.7 Å². The van der Waals surface area contributed by atoms with E-state index in [1.165, 1.54) is 49.5 Å². The zero-order valence-electron chi connectivity index (χ0n) is 14.1. The first kappa shape index (κ1) is 18.6. The molecule has 3 rings (SSSR count). The second-order valence-corrected chi connectivity index (χ2v) is 5.83. The third-order valence-corrected chi connectivity index (χ3v) is 3.78. The van der Waals surface area contributed by atoms with E-state index >= 15 is 0 Å². The highest BCUT2D eigenvalue weighted by Gasteiger charge is 2.37. The highest BCUT2D eigenvalue weighted by Crippen LogP contribution is 2.34. The third-order valence-electron chi connectivity index (χ3n) is 3.78. The number of alkyl halides is 3. The third kappa shape index (κ3) is 4.33. The van der Waals surface area contributed by atoms with Gasteiger partial charge < -0.3 is 9.73 Å². The smallest absolute Gasteiger partial charge is 0.449 e. The molecule has 0 radical (unpaired) electrons. The lowest BCUT2D eigenvalue weighted by atomic mass is 10.1. The molecular weight excluding hydrogens is 364 g/mol. The number of nitrogens with zero attached hydrogens (tertiary/aromatic N) is 1. The fourth-order valence-electron chi connectivity index (χ4n) is 2.56. The van der Waals surface area contributed by atoms with E-state index in [4.69, 9.17) is 0 Å². The summed E-state index contributed by atoms with van der Waals surface area (Å²) < 4.78 is 56.6. The quantitative estimate of drug-likeness (QED) is 0.668. The average Bonchev–Trinajstić information content (AvgIpc) is 3.01. The first-order valence-corrected chi connectivity index (χ1v) is 7.91. The number of hydrogen-bond donors (Lipinski definition) is 1. The lowest BCUT2D eigenvalue weighted by Gasteiger charge is -2.08. The summed E-state index contributed by atoms with van der Waals surface area (Å²) >= 11 is 0. The summed E-state index contributed by atoms with van der Waals surface area (Å²) in [5.41, 5.74) is 1.03. The maximum absolute atomic E-state index is 13.3. The van der Waals surface area contributed by atoms with Crippen molar-refractivity contribution in [2.75, 3.05) is 0 Å². The molecule has 0 bridgehead atoms. The second kappa shape index (κ2) is 7.22. The number of aromatic nitrogens is 1. The number of hydrogen-bond acceptors (Lipinski definition) is 3. The Hall–Kier alpha value is -3.16. The van der Waals surface area contributed by atoms with Gasteiger partial charge in [-0.2, -0.15) is 13.2 Å². The van der Waals surface area contributed by atoms with Crippen LogP contribution in [0.4, 0.5) is 17.6 Å². The van der Waals surface area contributed by atoms with E-state index < -0.39 is 23.7 Å². The van der Waals surface area contributed by atoms with E-state index in [0.717, 1.165) is 0 Å². The summed E-state index contributed by atoms with van der Waals surface area (Å²) in [5, 5.41) is 2.41. The van der Waals surface area contributed by atoms with Gasteiger partial charge in [-0.05, 0) is 37.3 Å². The topological polar surface area (TPSA) is 55.1 Å². The van der Waals surface area contributed by atoms with Crippen LogP contribution in [-0.4, -0.2) is 10.9 Å². The van der Waals surface area contributed by atoms with Crippen LogP contribution in [0.5, 0.6) is 0 Å². The van der Waals surface area contributed by atoms with Gasteiger partial charge in [0.05, 0.1) is 11.3 Å². The summed E-state index contributed by atoms with van der Waals surface area (Å²) in [5.74, 6) is -2.01. The standard InChI is InChI=1S/C19H14F4N2O2/c1-11-7-14(17(27-11)19(21,22)23)10-25-18(26)13-5-6-16(24-9-13)12-3-2-4-15(20)8-12/h2-9H,10H2,1H3,(H,25,26). The number of pyridine rings is 1. The summed E-state index contributed by atoms with van der Waals surface area (Å²) in [7, 11) is 0. The van der Waals surface area contributed by atoms with Crippen LogP contribution in [0.15, 0.2) is 53.1 Å². The maximum atomic E-state index is 13.3. The molecule has 1 amide bonds. The first-order valence-electron chi connectivity index (χ1n) is 7.91. The molecule has 0 fully saturated rings. The van der Waals surface area contributed by atoms with Crippen LogP contribution in [0.25, 0.3) is 11.3 Å². The summed E-state index contributed by atoms with van der Waals surface area (Å²) in [6.07, 6.45) is -3.36. The molecule has 2 aromatic heterocycles. The zero-order valence-corrected chi connectivity index (χ0v) is 14.1. The molecule has 8 heteroatoms. The fraction of sp³-hybridized carbons (Fsp3) is 0.158. The average molecular weight is 378 g/mol. The Morgan fingerprint density at radius 1 is 1.19 bits per heavy atom. The van der Waals surface area contributed by atoms with Gasteiger partial charge in [-0.15, -0.1) is 0 Å². The lowest BCUT2D eigenvalue weighted by Crippen LogP contribution is -2.24. The molecule has 3 aromatic rings. The van der Waals surface area contributed by atoms with Crippen molar-refractivity contribution in [1.29, 1.82) is 0 Å². The second-order valence-electron chi connectivity index (χ2n) is 5.83. The first-order chi connectivity index (χ1) is 12.7. The molecule has 0 unspecified atom stereocenters. The number of carbonyl (C=O) groups excluding carboxylic acids is 1. The Morgan fingerprint density at radius 3 is 2.59 bits per heavy atom. The number of amides is 1. The molecule has 0 aliphatic rings. The van der Waals surface area contributed by atoms with Crippen molar-refractivity contribution in [3.05, 3.63) is 77.1 Å². The molecule has 0 aliphatic carbocycles. The number of rotatable bonds is 4. The van der Waals surface area contributed by atoms with E-state index in [2.05, 4.69) is 14.7 Å². The highest BCUT2D eigenvalue weighted by molar-refractivity contribution is 5.94. The van der Waals surface area contributed by atoms with Gasteiger partial charge in [-0.3, -0.25) is 9.78 Å². The molecule has 27 heavy (non-hydrogen) atoms. The molecule has 4 nitrogen and oxygen atoms in total. The number of benzene rings is 1. The van der Waals surface area contributed by atoms with E-state index in [9.17, 15) is 22.4 Å². The molecule has 140 valence electrons. The summed E-state index contributed by atoms with van der Waals surface area (Å²) in [6.45, 7) is 1.06. The van der Waals surface area contributed by atoms with Crippen molar-refractivity contribution >= 4 is 5.91 Å². The van der Waals surface area contributed by atoms with E-state index in [1.807, 2.05) is 0 Å². The van der Waals surface area contributed by atoms with Crippen LogP contribution >= 0.6 is 0 Å². The Kier molecular flexibility index (Phi) is 4.98. The number of aryl methyl sites for hydroxylation is 1. The van der Waals surface area contributed by atoms with Gasteiger partial charge in [0.25, 0.3) is 5.91 Å². The normalized spacial score (nSPS) is 11.4. The number of furan rings is 1. The number of halogens is 4. The van der Waals surface area contributed by atoms with Crippen molar-refractivity contribution in [1.82, 2.24) is 10.3 Å². The van der Waals surface area contributed by atoms with Crippen molar-refractivity contribution in [3.8, 4) is 11.3 Å². The van der Waals surface area contributed by atoms with Crippen LogP contribution in [0, 0.1) is 12.7 Å². The highest BCUT2D eigenvalue weighted by atomic mass is 19.4. The predicted molar refractivity (Wildman–Crippen MR) is 89.2 cm³/mol. The van der Waals surface area contributed by atoms with Crippen molar-refractivity contribution in [2.45, 2.75) is 19.6 Å². The van der Waals surface area contributed by atoms with Gasteiger partial charge in [0.2, 0.25) is 5.76 Å². The number of carbonyl (C=O) groups is 1. The van der Waals surface area contributed by atoms with Gasteiger partial charge in [-0.25, -0.2) is 4.39 Å². The largest absolute Gasteiger partial charge is 0.456 e. The van der Waals surface area contributed by atoms with E-state index in [-0.39, 0.29) is 23.4 Å². The molecule has 1 N–H and O–H groups in total. The Balaban J connectivity index is 1.71. The summed E-state index contributed by atoms with van der Waals surface area (Å²) in [6, 6.07) is 10.1. The maximum Gasteiger partial charge on any atom is 0.449 e. The monoisotopic (exact) mass is 378 g/mol. The van der Waals surface area contributed by atoms with Crippen molar-refractivity contribution in [2.24, 2.45) is 0 Å². The number of nitrogens with one attached hydrogen (secondary N) is 1. The van der Waals surface area contributed by atoms with Crippen LogP contribution in [0.1, 0.15) is 27.4 Å². The molecule has 0 saturated carbocycles. The Morgan fingerprint density at radius 2 is 1.96 bits per heavy atom. The molecule has 0 spiro atoms. The Bertz CT molecular complexity index is 963. The lowest BCUT2D eigenvalue weighted by molar-refractivity contribution is -0.154. The molecule has 1 aromatic carbocycles. The minimum absolute atomic E-state index is 0.104. The fourth-order valence-corrected chi connectivity index (χ4v) is 2.56. The SMILES string of the molecule is Cc1cc(CNC(=O)c2ccc(-c3cccc(F)c3)nc2)c(C(F)(F)F)o1. The zero-order chi connectivity index (χ0) is 19.6. The van der Waals surface area contributed by atoms with Gasteiger partial charge >= 0.3 is 6.18 Å². The van der Waals surface area contributed by atoms with Crippen LogP contribution in [0.2, 0.25) is 0 Å². The van der Waals surface area contributed by atoms with Crippen LogP contribution < -0.4 is 5.32 Å². The minimum Gasteiger partial charge on any atom is -0.456 e. The van der Waals surface area contributed by atoms with E-state index in [0.29, 0.717) is 11.3 Å². The van der Waals surface area contributed by atoms with Gasteiger partial charge in [0, 0.05) is 23.9 Å². The minimum atomic E-state index is -4.64. The Labute approximate surface area is 151 Å². The molecular formula is C19H14F4N2O2. The van der Waals surface area contributed by atoms with Gasteiger partial charge in [-0.1, -0.05) is 12.1 Å². The van der Waals surface area contributed by atoms with Crippen molar-refractivity contribution < 1.29 is 26.8 Å². The van der Waals surface area contributed by atoms with Gasteiger partial charge in [0.1, 0.15) is 11.6 Å². The summed E-state index contributed by atoms with van der Waals surface area (Å²) in [4.78, 5) is 16.3. The predicted octanol–water partition coefficient (Wildman–Crippen LogP) is 4.74. The van der Waals surface area contributed by atoms with Gasteiger partial charge in [0.15, 0.2) is 0 Å². The molecule has 0 aliphatic heterocycles. The molecule has 0 saturated heterocycles. The molecule has 0 atom stereocenters. The molecule has 2 heterocycles. The van der Waals surface area contributed by atoms with E-state index in [1.54, 1.807) is 6.07 Å². The van der Waals surface area contributed by atoms with Crippen molar-refractivity contribution in [3.63, 3.8) is 0 Å². The van der Waals surface area contributed by atoms with Crippen LogP contribution in [0.3, 0.4) is 0 Å².